The largest absolute Gasteiger partial charge is 0.372 e. The lowest BCUT2D eigenvalue weighted by Crippen LogP contribution is -2.17. The Kier molecular flexibility index (Phi) is 2.17. The molecule has 3 heteroatoms. The maximum atomic E-state index is 10.9. The zero-order valence-corrected chi connectivity index (χ0v) is 9.07. The van der Waals surface area contributed by atoms with Crippen molar-refractivity contribution in [2.75, 3.05) is 18.0 Å². The van der Waals surface area contributed by atoms with Crippen molar-refractivity contribution < 1.29 is 4.79 Å². The Balaban J connectivity index is 2.09. The Morgan fingerprint density at radius 2 is 2.06 bits per heavy atom. The van der Waals surface area contributed by atoms with Gasteiger partial charge in [0.25, 0.3) is 0 Å². The molecule has 0 radical (unpaired) electrons. The normalized spacial score (nSPS) is 15.9. The van der Waals surface area contributed by atoms with Gasteiger partial charge in [0.15, 0.2) is 6.29 Å². The summed E-state index contributed by atoms with van der Waals surface area (Å²) in [5.41, 5.74) is 3.01. The molecule has 0 unspecified atom stereocenters. The minimum atomic E-state index is 0.746. The second-order valence-corrected chi connectivity index (χ2v) is 4.29. The van der Waals surface area contributed by atoms with Crippen LogP contribution in [0.5, 0.6) is 0 Å². The Labute approximate surface area is 94.1 Å². The summed E-state index contributed by atoms with van der Waals surface area (Å²) < 4.78 is 0. The third-order valence-corrected chi connectivity index (χ3v) is 3.30. The van der Waals surface area contributed by atoms with Crippen molar-refractivity contribution in [3.63, 3.8) is 0 Å². The monoisotopic (exact) mass is 214 g/mol. The summed E-state index contributed by atoms with van der Waals surface area (Å²) in [6, 6.07) is 6.29. The predicted molar refractivity (Wildman–Crippen MR) is 65.1 cm³/mol. The highest BCUT2D eigenvalue weighted by Gasteiger charge is 2.13. The summed E-state index contributed by atoms with van der Waals surface area (Å²) in [6.45, 7) is 2.26. The Morgan fingerprint density at radius 3 is 2.81 bits per heavy atom. The number of carbonyl (C=O) groups excluding carboxylic acids is 1. The first-order chi connectivity index (χ1) is 7.88. The summed E-state index contributed by atoms with van der Waals surface area (Å²) in [5.74, 6) is 0. The van der Waals surface area contributed by atoms with Gasteiger partial charge in [-0.1, -0.05) is 0 Å². The topological polar surface area (TPSA) is 36.1 Å². The number of anilines is 1. The fraction of sp³-hybridized carbons (Fsp3) is 0.308. The Hall–Kier alpha value is -1.77. The molecule has 1 aliphatic heterocycles. The molecular weight excluding hydrogens is 200 g/mol. The van der Waals surface area contributed by atoms with E-state index in [4.69, 9.17) is 0 Å². The number of carbonyl (C=O) groups is 1. The van der Waals surface area contributed by atoms with E-state index in [1.165, 1.54) is 18.5 Å². The van der Waals surface area contributed by atoms with Crippen LogP contribution in [0.15, 0.2) is 24.4 Å². The minimum Gasteiger partial charge on any atom is -0.372 e. The highest BCUT2D eigenvalue weighted by Crippen LogP contribution is 2.26. The number of H-pyrrole nitrogens is 1. The van der Waals surface area contributed by atoms with Gasteiger partial charge in [-0.3, -0.25) is 4.79 Å². The van der Waals surface area contributed by atoms with E-state index >= 15 is 0 Å². The van der Waals surface area contributed by atoms with Gasteiger partial charge in [-0.2, -0.15) is 0 Å². The molecule has 0 saturated carbocycles. The van der Waals surface area contributed by atoms with E-state index in [9.17, 15) is 4.79 Å². The number of rotatable bonds is 2. The number of hydrogen-bond donors (Lipinski definition) is 1. The number of aromatic nitrogens is 1. The number of aldehydes is 1. The maximum Gasteiger partial charge on any atom is 0.152 e. The first-order valence-corrected chi connectivity index (χ1v) is 5.70. The minimum absolute atomic E-state index is 0.746. The van der Waals surface area contributed by atoms with Crippen molar-refractivity contribution in [2.45, 2.75) is 12.8 Å². The molecule has 1 aromatic heterocycles. The summed E-state index contributed by atoms with van der Waals surface area (Å²) in [6.07, 6.45) is 5.22. The Bertz CT molecular complexity index is 524. The first-order valence-electron chi connectivity index (χ1n) is 5.70. The van der Waals surface area contributed by atoms with Crippen molar-refractivity contribution >= 4 is 22.9 Å². The zero-order chi connectivity index (χ0) is 11.0. The molecule has 0 bridgehead atoms. The van der Waals surface area contributed by atoms with Crippen LogP contribution in [0.4, 0.5) is 5.69 Å². The molecule has 0 spiro atoms. The molecule has 82 valence electrons. The van der Waals surface area contributed by atoms with Gasteiger partial charge in [-0.15, -0.1) is 0 Å². The average molecular weight is 214 g/mol. The van der Waals surface area contributed by atoms with Gasteiger partial charge in [0.05, 0.1) is 0 Å². The molecule has 2 heterocycles. The van der Waals surface area contributed by atoms with Crippen LogP contribution >= 0.6 is 0 Å². The number of benzene rings is 1. The van der Waals surface area contributed by atoms with Crippen LogP contribution in [-0.4, -0.2) is 24.4 Å². The molecule has 3 nitrogen and oxygen atoms in total. The van der Waals surface area contributed by atoms with Gasteiger partial charge in [0, 0.05) is 41.4 Å². The van der Waals surface area contributed by atoms with E-state index in [1.54, 1.807) is 6.20 Å². The number of fused-ring (bicyclic) bond motifs is 1. The lowest BCUT2D eigenvalue weighted by molar-refractivity contribution is 0.112. The zero-order valence-electron chi connectivity index (χ0n) is 9.07. The highest BCUT2D eigenvalue weighted by molar-refractivity contribution is 5.98. The molecule has 1 fully saturated rings. The molecule has 1 aliphatic rings. The number of nitrogens with zero attached hydrogens (tertiary/aromatic N) is 1. The molecule has 0 amide bonds. The highest BCUT2D eigenvalue weighted by atomic mass is 16.1. The fourth-order valence-electron chi connectivity index (χ4n) is 2.40. The maximum absolute atomic E-state index is 10.9. The third-order valence-electron chi connectivity index (χ3n) is 3.30. The molecule has 1 aromatic carbocycles. The van der Waals surface area contributed by atoms with Crippen LogP contribution in [0.1, 0.15) is 23.2 Å². The Morgan fingerprint density at radius 1 is 1.25 bits per heavy atom. The molecule has 3 rings (SSSR count). The van der Waals surface area contributed by atoms with Crippen LogP contribution in [0, 0.1) is 0 Å². The van der Waals surface area contributed by atoms with Gasteiger partial charge in [0.1, 0.15) is 0 Å². The SMILES string of the molecule is O=Cc1c[nH]c2ccc(N3CCCC3)cc12. The van der Waals surface area contributed by atoms with Crippen molar-refractivity contribution in [3.05, 3.63) is 30.0 Å². The molecular formula is C13H14N2O. The van der Waals surface area contributed by atoms with Crippen LogP contribution in [-0.2, 0) is 0 Å². The van der Waals surface area contributed by atoms with Crippen LogP contribution < -0.4 is 4.90 Å². The van der Waals surface area contributed by atoms with E-state index in [0.717, 1.165) is 35.8 Å². The van der Waals surface area contributed by atoms with E-state index in [2.05, 4.69) is 28.1 Å². The van der Waals surface area contributed by atoms with E-state index in [-0.39, 0.29) is 0 Å². The van der Waals surface area contributed by atoms with E-state index in [1.807, 2.05) is 0 Å². The molecule has 1 N–H and O–H groups in total. The van der Waals surface area contributed by atoms with Crippen molar-refractivity contribution in [3.8, 4) is 0 Å². The van der Waals surface area contributed by atoms with Crippen molar-refractivity contribution in [2.24, 2.45) is 0 Å². The van der Waals surface area contributed by atoms with E-state index < -0.39 is 0 Å². The van der Waals surface area contributed by atoms with Gasteiger partial charge in [-0.25, -0.2) is 0 Å². The van der Waals surface area contributed by atoms with Crippen LogP contribution in [0.2, 0.25) is 0 Å². The van der Waals surface area contributed by atoms with Crippen molar-refractivity contribution in [1.29, 1.82) is 0 Å². The third kappa shape index (κ3) is 1.40. The molecule has 1 saturated heterocycles. The lowest BCUT2D eigenvalue weighted by atomic mass is 10.1. The smallest absolute Gasteiger partial charge is 0.152 e. The van der Waals surface area contributed by atoms with E-state index in [0.29, 0.717) is 0 Å². The van der Waals surface area contributed by atoms with Gasteiger partial charge in [0.2, 0.25) is 0 Å². The standard InChI is InChI=1S/C13H14N2O/c16-9-10-8-14-13-4-3-11(7-12(10)13)15-5-1-2-6-15/h3-4,7-9,14H,1-2,5-6H2. The fourth-order valence-corrected chi connectivity index (χ4v) is 2.40. The molecule has 0 atom stereocenters. The average Bonchev–Trinajstić information content (AvgIpc) is 2.97. The second kappa shape index (κ2) is 3.67. The second-order valence-electron chi connectivity index (χ2n) is 4.29. The van der Waals surface area contributed by atoms with Crippen LogP contribution in [0.3, 0.4) is 0 Å². The molecule has 2 aromatic rings. The molecule has 16 heavy (non-hydrogen) atoms. The van der Waals surface area contributed by atoms with Gasteiger partial charge in [-0.05, 0) is 31.0 Å². The van der Waals surface area contributed by atoms with Gasteiger partial charge >= 0.3 is 0 Å². The predicted octanol–water partition coefficient (Wildman–Crippen LogP) is 2.58. The first kappa shape index (κ1) is 9.46. The summed E-state index contributed by atoms with van der Waals surface area (Å²) >= 11 is 0. The number of nitrogens with one attached hydrogen (secondary N) is 1. The van der Waals surface area contributed by atoms with Crippen molar-refractivity contribution in [1.82, 2.24) is 4.98 Å². The number of hydrogen-bond acceptors (Lipinski definition) is 2. The quantitative estimate of drug-likeness (QED) is 0.780. The summed E-state index contributed by atoms with van der Waals surface area (Å²) in [5, 5.41) is 1.03. The summed E-state index contributed by atoms with van der Waals surface area (Å²) in [7, 11) is 0. The summed E-state index contributed by atoms with van der Waals surface area (Å²) in [4.78, 5) is 16.4. The number of aromatic amines is 1. The lowest BCUT2D eigenvalue weighted by Gasteiger charge is -2.17. The van der Waals surface area contributed by atoms with Crippen LogP contribution in [0.25, 0.3) is 10.9 Å². The molecule has 0 aliphatic carbocycles. The van der Waals surface area contributed by atoms with Gasteiger partial charge < -0.3 is 9.88 Å².